The van der Waals surface area contributed by atoms with Crippen LogP contribution in [0.5, 0.6) is 11.5 Å². The summed E-state index contributed by atoms with van der Waals surface area (Å²) in [6.07, 6.45) is -0.254. The lowest BCUT2D eigenvalue weighted by Gasteiger charge is -2.24. The van der Waals surface area contributed by atoms with Gasteiger partial charge in [-0.1, -0.05) is 23.5 Å². The normalized spacial score (nSPS) is 15.9. The number of nitrogens with zero attached hydrogens (tertiary/aromatic N) is 5. The average molecular weight is 379 g/mol. The zero-order chi connectivity index (χ0) is 18.4. The first-order valence-corrected chi connectivity index (χ1v) is 9.39. The maximum Gasteiger partial charge on any atom is 0.235 e. The van der Waals surface area contributed by atoms with Crippen LogP contribution in [0.25, 0.3) is 16.3 Å². The Morgan fingerprint density at radius 3 is 2.59 bits per heavy atom. The van der Waals surface area contributed by atoms with Crippen LogP contribution < -0.4 is 14.4 Å². The highest BCUT2D eigenvalue weighted by Crippen LogP contribution is 2.37. The van der Waals surface area contributed by atoms with Crippen molar-refractivity contribution >= 4 is 22.0 Å². The van der Waals surface area contributed by atoms with E-state index in [9.17, 15) is 0 Å². The van der Waals surface area contributed by atoms with Crippen molar-refractivity contribution in [3.05, 3.63) is 53.5 Å². The number of hydrogen-bond donors (Lipinski definition) is 0. The summed E-state index contributed by atoms with van der Waals surface area (Å²) in [4.78, 5) is 2.79. The molecule has 0 amide bonds. The molecule has 0 spiro atoms. The predicted octanol–water partition coefficient (Wildman–Crippen LogP) is 3.43. The Bertz CT molecular complexity index is 1100. The monoisotopic (exact) mass is 379 g/mol. The van der Waals surface area contributed by atoms with E-state index in [0.29, 0.717) is 6.61 Å². The van der Waals surface area contributed by atoms with Crippen LogP contribution in [-0.4, -0.2) is 40.5 Å². The van der Waals surface area contributed by atoms with Gasteiger partial charge in [-0.25, -0.2) is 0 Å². The van der Waals surface area contributed by atoms with Gasteiger partial charge < -0.3 is 14.4 Å². The van der Waals surface area contributed by atoms with Crippen LogP contribution in [0.4, 0.5) is 5.69 Å². The fourth-order valence-electron chi connectivity index (χ4n) is 2.99. The summed E-state index contributed by atoms with van der Waals surface area (Å²) in [5, 5.41) is 14.1. The van der Waals surface area contributed by atoms with Gasteiger partial charge in [0.1, 0.15) is 6.61 Å². The molecule has 8 heteroatoms. The molecule has 4 aromatic rings. The van der Waals surface area contributed by atoms with Crippen molar-refractivity contribution in [1.82, 2.24) is 19.8 Å². The first kappa shape index (κ1) is 16.1. The van der Waals surface area contributed by atoms with Gasteiger partial charge in [0.2, 0.25) is 4.96 Å². The zero-order valence-corrected chi connectivity index (χ0v) is 15.7. The Morgan fingerprint density at radius 1 is 1.04 bits per heavy atom. The molecule has 2 aromatic carbocycles. The summed E-state index contributed by atoms with van der Waals surface area (Å²) in [5.41, 5.74) is 2.10. The fraction of sp³-hybridized carbons (Fsp3) is 0.211. The minimum Gasteiger partial charge on any atom is -0.485 e. The molecule has 0 fully saturated rings. The molecule has 3 heterocycles. The maximum absolute atomic E-state index is 6.06. The summed E-state index contributed by atoms with van der Waals surface area (Å²) in [6, 6.07) is 15.8. The Kier molecular flexibility index (Phi) is 3.71. The van der Waals surface area contributed by atoms with Crippen molar-refractivity contribution in [3.63, 3.8) is 0 Å². The Hall–Kier alpha value is -3.13. The largest absolute Gasteiger partial charge is 0.485 e. The van der Waals surface area contributed by atoms with Crippen molar-refractivity contribution in [1.29, 1.82) is 0 Å². The molecule has 1 aliphatic rings. The van der Waals surface area contributed by atoms with Crippen LogP contribution in [0.3, 0.4) is 0 Å². The van der Waals surface area contributed by atoms with Gasteiger partial charge in [0.15, 0.2) is 28.4 Å². The third-order valence-corrected chi connectivity index (χ3v) is 5.42. The maximum atomic E-state index is 6.06. The number of para-hydroxylation sites is 2. The van der Waals surface area contributed by atoms with E-state index in [2.05, 4.69) is 27.2 Å². The zero-order valence-electron chi connectivity index (χ0n) is 14.9. The Morgan fingerprint density at radius 2 is 1.81 bits per heavy atom. The molecular formula is C19H17N5O2S. The topological polar surface area (TPSA) is 64.8 Å². The van der Waals surface area contributed by atoms with Crippen LogP contribution in [0.1, 0.15) is 11.1 Å². The number of aromatic nitrogens is 4. The van der Waals surface area contributed by atoms with Gasteiger partial charge in [-0.15, -0.1) is 10.2 Å². The lowest BCUT2D eigenvalue weighted by atomic mass is 10.2. The van der Waals surface area contributed by atoms with Crippen molar-refractivity contribution < 1.29 is 9.47 Å². The second-order valence-electron chi connectivity index (χ2n) is 6.46. The third kappa shape index (κ3) is 2.78. The number of fused-ring (bicyclic) bond motifs is 2. The first-order valence-electron chi connectivity index (χ1n) is 8.57. The molecule has 0 saturated heterocycles. The average Bonchev–Trinajstić information content (AvgIpc) is 3.28. The highest BCUT2D eigenvalue weighted by molar-refractivity contribution is 7.16. The van der Waals surface area contributed by atoms with Crippen molar-refractivity contribution in [2.24, 2.45) is 0 Å². The lowest BCUT2D eigenvalue weighted by molar-refractivity contribution is 0.0904. The third-order valence-electron chi connectivity index (χ3n) is 4.43. The molecule has 0 bridgehead atoms. The molecule has 0 radical (unpaired) electrons. The van der Waals surface area contributed by atoms with Crippen LogP contribution in [0, 0.1) is 0 Å². The van der Waals surface area contributed by atoms with Gasteiger partial charge in [0.25, 0.3) is 0 Å². The van der Waals surface area contributed by atoms with Gasteiger partial charge >= 0.3 is 0 Å². The van der Waals surface area contributed by atoms with E-state index in [0.717, 1.165) is 38.5 Å². The van der Waals surface area contributed by atoms with Gasteiger partial charge in [0, 0.05) is 25.3 Å². The standard InChI is InChI=1S/C19H17N5O2S/c1-23(2)13-9-7-12(8-10-13)17-20-21-19-24(17)22-18(27-19)16-11-25-14-5-3-4-6-15(14)26-16/h3-10,16H,11H2,1-2H3/t16-/m1/s1. The van der Waals surface area contributed by atoms with E-state index in [-0.39, 0.29) is 6.10 Å². The van der Waals surface area contributed by atoms with Gasteiger partial charge in [-0.05, 0) is 36.4 Å². The summed E-state index contributed by atoms with van der Waals surface area (Å²) in [5.74, 6) is 2.22. The van der Waals surface area contributed by atoms with E-state index in [1.807, 2.05) is 50.5 Å². The number of ether oxygens (including phenoxy) is 2. The van der Waals surface area contributed by atoms with Crippen molar-refractivity contribution in [3.8, 4) is 22.9 Å². The van der Waals surface area contributed by atoms with Crippen LogP contribution >= 0.6 is 11.3 Å². The lowest BCUT2D eigenvalue weighted by Crippen LogP contribution is -2.21. The number of rotatable bonds is 3. The molecule has 5 rings (SSSR count). The second-order valence-corrected chi connectivity index (χ2v) is 7.45. The molecule has 0 N–H and O–H groups in total. The summed E-state index contributed by atoms with van der Waals surface area (Å²) in [7, 11) is 4.03. The predicted molar refractivity (Wildman–Crippen MR) is 104 cm³/mol. The highest BCUT2D eigenvalue weighted by atomic mass is 32.1. The smallest absolute Gasteiger partial charge is 0.235 e. The van der Waals surface area contributed by atoms with Crippen LogP contribution in [0.2, 0.25) is 0 Å². The van der Waals surface area contributed by atoms with E-state index >= 15 is 0 Å². The van der Waals surface area contributed by atoms with Crippen LogP contribution in [0.15, 0.2) is 48.5 Å². The molecule has 0 unspecified atom stereocenters. The summed E-state index contributed by atoms with van der Waals surface area (Å²) < 4.78 is 13.6. The van der Waals surface area contributed by atoms with E-state index < -0.39 is 0 Å². The van der Waals surface area contributed by atoms with Gasteiger partial charge in [-0.2, -0.15) is 9.61 Å². The van der Waals surface area contributed by atoms with Gasteiger partial charge in [0.05, 0.1) is 0 Å². The Balaban J connectivity index is 1.47. The number of benzene rings is 2. The molecular weight excluding hydrogens is 362 g/mol. The van der Waals surface area contributed by atoms with E-state index in [4.69, 9.17) is 14.6 Å². The fourth-order valence-corrected chi connectivity index (χ4v) is 3.84. The first-order chi connectivity index (χ1) is 13.2. The van der Waals surface area contributed by atoms with E-state index in [1.165, 1.54) is 11.3 Å². The summed E-state index contributed by atoms with van der Waals surface area (Å²) >= 11 is 1.47. The molecule has 0 saturated carbocycles. The van der Waals surface area contributed by atoms with Crippen molar-refractivity contribution in [2.75, 3.05) is 25.6 Å². The molecule has 0 aliphatic carbocycles. The van der Waals surface area contributed by atoms with Crippen molar-refractivity contribution in [2.45, 2.75) is 6.10 Å². The number of hydrogen-bond acceptors (Lipinski definition) is 7. The molecule has 136 valence electrons. The van der Waals surface area contributed by atoms with Crippen LogP contribution in [-0.2, 0) is 0 Å². The molecule has 27 heavy (non-hydrogen) atoms. The molecule has 7 nitrogen and oxygen atoms in total. The molecule has 2 aromatic heterocycles. The van der Waals surface area contributed by atoms with E-state index in [1.54, 1.807) is 4.52 Å². The SMILES string of the molecule is CN(C)c1ccc(-c2nnc3sc([C@H]4COc5ccccc5O4)nn23)cc1. The second kappa shape index (κ2) is 6.24. The minimum atomic E-state index is -0.254. The van der Waals surface area contributed by atoms with Gasteiger partial charge in [-0.3, -0.25) is 0 Å². The highest BCUT2D eigenvalue weighted by Gasteiger charge is 2.27. The molecule has 1 aliphatic heterocycles. The minimum absolute atomic E-state index is 0.254. The number of anilines is 1. The quantitative estimate of drug-likeness (QED) is 0.543. The Labute approximate surface area is 159 Å². The molecule has 1 atom stereocenters. The summed E-state index contributed by atoms with van der Waals surface area (Å²) in [6.45, 7) is 0.425.